The van der Waals surface area contributed by atoms with Gasteiger partial charge in [0.25, 0.3) is 0 Å². The summed E-state index contributed by atoms with van der Waals surface area (Å²) in [5, 5.41) is 44.8. The zero-order chi connectivity index (χ0) is 42.1. The van der Waals surface area contributed by atoms with Gasteiger partial charge in [0.2, 0.25) is 0 Å². The van der Waals surface area contributed by atoms with Gasteiger partial charge >= 0.3 is 17.9 Å². The van der Waals surface area contributed by atoms with E-state index in [-0.39, 0.29) is 44.1 Å². The van der Waals surface area contributed by atoms with Crippen LogP contribution in [0.1, 0.15) is 93.9 Å². The Labute approximate surface area is 332 Å². The van der Waals surface area contributed by atoms with Crippen LogP contribution in [0.2, 0.25) is 0 Å². The Kier molecular flexibility index (Phi) is 18.6. The molecule has 16 heteroatoms. The van der Waals surface area contributed by atoms with Crippen molar-refractivity contribution in [2.75, 3.05) is 27.8 Å². The second-order valence-corrected chi connectivity index (χ2v) is 16.7. The lowest BCUT2D eigenvalue weighted by atomic mass is 9.82. The first-order valence-electron chi connectivity index (χ1n) is 19.9. The minimum Gasteiger partial charge on any atom is -0.462 e. The van der Waals surface area contributed by atoms with Crippen molar-refractivity contribution >= 4 is 17.9 Å². The van der Waals surface area contributed by atoms with Gasteiger partial charge in [-0.3, -0.25) is 14.4 Å². The van der Waals surface area contributed by atoms with Crippen molar-refractivity contribution in [2.24, 2.45) is 17.8 Å². The Morgan fingerprint density at radius 1 is 1.02 bits per heavy atom. The molecule has 1 unspecified atom stereocenters. The Bertz CT molecular complexity index is 1280. The summed E-state index contributed by atoms with van der Waals surface area (Å²) in [4.78, 5) is 39.8. The van der Waals surface area contributed by atoms with E-state index in [1.165, 1.54) is 14.0 Å². The third kappa shape index (κ3) is 13.4. The molecule has 3 heterocycles. The number of carbonyl (C=O) groups is 3. The average molecular weight is 804 g/mol. The number of cyclic esters (lactones) is 1. The molecule has 4 N–H and O–H groups in total. The Hall–Kier alpha value is -2.25. The average Bonchev–Trinajstić information content (AvgIpc) is 3.06. The van der Waals surface area contributed by atoms with Crippen LogP contribution in [0.4, 0.5) is 0 Å². The number of ether oxygens (including phenoxy) is 8. The van der Waals surface area contributed by atoms with E-state index in [0.29, 0.717) is 12.8 Å². The van der Waals surface area contributed by atoms with Crippen molar-refractivity contribution in [1.82, 2.24) is 4.90 Å². The number of likely N-dealkylation sites (N-methyl/N-ethyl adjacent to an activating group) is 1. The van der Waals surface area contributed by atoms with Gasteiger partial charge in [0.15, 0.2) is 18.7 Å². The summed E-state index contributed by atoms with van der Waals surface area (Å²) < 4.78 is 48.5. The molecule has 2 fully saturated rings. The first-order chi connectivity index (χ1) is 26.2. The van der Waals surface area contributed by atoms with Gasteiger partial charge in [-0.2, -0.15) is 0 Å². The van der Waals surface area contributed by atoms with E-state index in [2.05, 4.69) is 0 Å². The number of rotatable bonds is 12. The van der Waals surface area contributed by atoms with E-state index >= 15 is 0 Å². The fourth-order valence-electron chi connectivity index (χ4n) is 8.06. The van der Waals surface area contributed by atoms with Gasteiger partial charge in [0, 0.05) is 39.9 Å². The van der Waals surface area contributed by atoms with Crippen molar-refractivity contribution in [3.05, 3.63) is 12.2 Å². The fourth-order valence-corrected chi connectivity index (χ4v) is 8.06. The lowest BCUT2D eigenvalue weighted by Gasteiger charge is -2.50. The van der Waals surface area contributed by atoms with Crippen molar-refractivity contribution < 1.29 is 72.7 Å². The van der Waals surface area contributed by atoms with Crippen LogP contribution in [0.15, 0.2) is 12.2 Å². The van der Waals surface area contributed by atoms with E-state index in [1.54, 1.807) is 58.8 Å². The number of nitrogens with zero attached hydrogens (tertiary/aromatic N) is 1. The van der Waals surface area contributed by atoms with E-state index in [0.717, 1.165) is 0 Å². The molecule has 16 nitrogen and oxygen atoms in total. The molecule has 0 aromatic rings. The third-order valence-electron chi connectivity index (χ3n) is 10.8. The lowest BCUT2D eigenvalue weighted by molar-refractivity contribution is -0.344. The van der Waals surface area contributed by atoms with Gasteiger partial charge in [-0.25, -0.2) is 0 Å². The number of carbonyl (C=O) groups excluding carboxylic acids is 3. The smallest absolute Gasteiger partial charge is 0.309 e. The SMILES string of the molecule is CO[C@@H]1C(O[C@@H]2O[C@H](C)[C@@H](O[C@H]3C[C@@](C)(O)[C@@H](OC(=O)CC(C)C)[C@H](C)O3)[C@H](N(C)C)[C@H]2O)[C@@H](CCO)C[C@@H](C)[C@@H](O)/C=C/C[C@@H](C)OC(=O)C[C@H]1OC(C)=O. The molecule has 0 bridgehead atoms. The molecule has 0 aliphatic carbocycles. The number of aliphatic hydroxyl groups excluding tert-OH is 3. The van der Waals surface area contributed by atoms with Gasteiger partial charge < -0.3 is 63.2 Å². The van der Waals surface area contributed by atoms with Crippen LogP contribution in [-0.4, -0.2) is 156 Å². The standard InChI is InChI=1S/C40H69NO15/c1-21(2)17-30(45)54-38-25(6)51-32(20-40(38,8)48)55-35-24(5)52-39(34(47)33(35)41(9)10)56-36-27(15-16-42)18-22(3)28(44)14-12-13-23(4)50-31(46)19-29(37(36)49-11)53-26(7)43/h12,14,21-25,27-29,32-39,42,44,47-48H,13,15-20H2,1-11H3/b14-12+/t22-,23-,24-,25+,27+,28+,29-,32+,33-,34-,35-,36?,37+,38+,39+,40-/m1/s1. The molecule has 3 rings (SSSR count). The van der Waals surface area contributed by atoms with Gasteiger partial charge in [0.1, 0.15) is 36.1 Å². The van der Waals surface area contributed by atoms with Crippen molar-refractivity contribution in [1.29, 1.82) is 0 Å². The summed E-state index contributed by atoms with van der Waals surface area (Å²) in [6, 6.07) is -0.753. The van der Waals surface area contributed by atoms with Crippen LogP contribution in [0.25, 0.3) is 0 Å². The molecule has 3 aliphatic rings. The van der Waals surface area contributed by atoms with Gasteiger partial charge in [-0.05, 0) is 72.4 Å². The van der Waals surface area contributed by atoms with Crippen LogP contribution < -0.4 is 0 Å². The van der Waals surface area contributed by atoms with Crippen molar-refractivity contribution in [3.63, 3.8) is 0 Å². The van der Waals surface area contributed by atoms with Gasteiger partial charge in [0.05, 0.1) is 36.9 Å². The number of hydrogen-bond acceptors (Lipinski definition) is 16. The topological polar surface area (TPSA) is 209 Å². The maximum absolute atomic E-state index is 13.2. The molecule has 16 atom stereocenters. The summed E-state index contributed by atoms with van der Waals surface area (Å²) in [6.45, 7) is 13.3. The Morgan fingerprint density at radius 3 is 2.27 bits per heavy atom. The molecular formula is C40H69NO15. The molecule has 0 spiro atoms. The first-order valence-corrected chi connectivity index (χ1v) is 19.9. The van der Waals surface area contributed by atoms with E-state index in [4.69, 9.17) is 37.9 Å². The Morgan fingerprint density at radius 2 is 1.70 bits per heavy atom. The predicted molar refractivity (Wildman–Crippen MR) is 202 cm³/mol. The summed E-state index contributed by atoms with van der Waals surface area (Å²) in [5.41, 5.74) is -1.49. The second kappa shape index (κ2) is 21.7. The summed E-state index contributed by atoms with van der Waals surface area (Å²) in [6.07, 6.45) is -7.53. The fraction of sp³-hybridized carbons (Fsp3) is 0.875. The number of esters is 3. The minimum atomic E-state index is -1.49. The zero-order valence-electron chi connectivity index (χ0n) is 35.1. The van der Waals surface area contributed by atoms with Gasteiger partial charge in [-0.15, -0.1) is 0 Å². The minimum absolute atomic E-state index is 0.0330. The van der Waals surface area contributed by atoms with Gasteiger partial charge in [-0.1, -0.05) is 32.9 Å². The van der Waals surface area contributed by atoms with E-state index in [9.17, 15) is 34.8 Å². The van der Waals surface area contributed by atoms with Crippen LogP contribution >= 0.6 is 0 Å². The highest BCUT2D eigenvalue weighted by Crippen LogP contribution is 2.38. The maximum Gasteiger partial charge on any atom is 0.309 e. The molecule has 0 radical (unpaired) electrons. The third-order valence-corrected chi connectivity index (χ3v) is 10.8. The van der Waals surface area contributed by atoms with Crippen LogP contribution in [-0.2, 0) is 52.3 Å². The number of methoxy groups -OCH3 is 1. The molecule has 3 aliphatic heterocycles. The summed E-state index contributed by atoms with van der Waals surface area (Å²) >= 11 is 0. The largest absolute Gasteiger partial charge is 0.462 e. The molecule has 0 saturated carbocycles. The highest BCUT2D eigenvalue weighted by atomic mass is 16.7. The molecule has 2 saturated heterocycles. The summed E-state index contributed by atoms with van der Waals surface area (Å²) in [5.74, 6) is -2.56. The van der Waals surface area contributed by atoms with E-state index in [1.807, 2.05) is 20.8 Å². The van der Waals surface area contributed by atoms with Crippen LogP contribution in [0.5, 0.6) is 0 Å². The first kappa shape index (κ1) is 48.1. The maximum atomic E-state index is 13.2. The molecule has 0 aromatic heterocycles. The van der Waals surface area contributed by atoms with Crippen LogP contribution in [0, 0.1) is 17.8 Å². The number of aliphatic hydroxyl groups is 4. The Balaban J connectivity index is 1.95. The normalized spacial score (nSPS) is 41.1. The zero-order valence-corrected chi connectivity index (χ0v) is 35.1. The molecule has 0 aromatic carbocycles. The van der Waals surface area contributed by atoms with Crippen LogP contribution in [0.3, 0.4) is 0 Å². The highest BCUT2D eigenvalue weighted by molar-refractivity contribution is 5.72. The number of hydrogen-bond donors (Lipinski definition) is 4. The highest BCUT2D eigenvalue weighted by Gasteiger charge is 2.53. The molecule has 324 valence electrons. The summed E-state index contributed by atoms with van der Waals surface area (Å²) in [7, 11) is 4.91. The van der Waals surface area contributed by atoms with Crippen molar-refractivity contribution in [2.45, 2.75) is 179 Å². The molecular weight excluding hydrogens is 734 g/mol. The monoisotopic (exact) mass is 803 g/mol. The quantitative estimate of drug-likeness (QED) is 0.127. The molecule has 56 heavy (non-hydrogen) atoms. The molecule has 0 amide bonds. The van der Waals surface area contributed by atoms with E-state index < -0.39 is 109 Å². The second-order valence-electron chi connectivity index (χ2n) is 16.7. The van der Waals surface area contributed by atoms with Crippen molar-refractivity contribution in [3.8, 4) is 0 Å². The lowest BCUT2D eigenvalue weighted by Crippen LogP contribution is -2.66. The predicted octanol–water partition coefficient (Wildman–Crippen LogP) is 2.25.